The zero-order chi connectivity index (χ0) is 13.0. The zero-order valence-electron chi connectivity index (χ0n) is 9.61. The lowest BCUT2D eigenvalue weighted by Gasteiger charge is -2.09. The average molecular weight is 278 g/mol. The molecule has 1 aromatic rings. The summed E-state index contributed by atoms with van der Waals surface area (Å²) in [5.41, 5.74) is 0. The minimum atomic E-state index is -0.542. The average Bonchev–Trinajstić information content (AvgIpc) is 2.66. The Bertz CT molecular complexity index is 433. The summed E-state index contributed by atoms with van der Waals surface area (Å²) in [6.45, 7) is 0.0947. The highest BCUT2D eigenvalue weighted by Gasteiger charge is 2.17. The van der Waals surface area contributed by atoms with Crippen molar-refractivity contribution in [1.29, 1.82) is 0 Å². The van der Waals surface area contributed by atoms with Crippen molar-refractivity contribution in [2.45, 2.75) is 0 Å². The maximum atomic E-state index is 11.3. The summed E-state index contributed by atoms with van der Waals surface area (Å²) in [6.07, 6.45) is 0. The molecule has 1 heterocycles. The van der Waals surface area contributed by atoms with E-state index in [9.17, 15) is 9.59 Å². The minimum absolute atomic E-state index is 0.0710. The lowest BCUT2D eigenvalue weighted by atomic mass is 10.5. The first-order valence-corrected chi connectivity index (χ1v) is 5.83. The molecule has 0 saturated carbocycles. The van der Waals surface area contributed by atoms with Gasteiger partial charge in [0, 0.05) is 14.1 Å². The molecule has 8 heteroatoms. The Morgan fingerprint density at radius 2 is 2.18 bits per heavy atom. The van der Waals surface area contributed by atoms with Crippen LogP contribution in [0.25, 0.3) is 0 Å². The summed E-state index contributed by atoms with van der Waals surface area (Å²) >= 11 is 6.81. The summed E-state index contributed by atoms with van der Waals surface area (Å²) in [4.78, 5) is 28.1. The Morgan fingerprint density at radius 3 is 2.71 bits per heavy atom. The quantitative estimate of drug-likeness (QED) is 0.834. The number of methoxy groups -OCH3 is 1. The van der Waals surface area contributed by atoms with E-state index in [1.54, 1.807) is 14.1 Å². The van der Waals surface area contributed by atoms with E-state index in [1.165, 1.54) is 12.0 Å². The smallest absolute Gasteiger partial charge is 0.351 e. The summed E-state index contributed by atoms with van der Waals surface area (Å²) in [6, 6.07) is 0. The number of nitrogens with zero attached hydrogens (tertiary/aromatic N) is 2. The third kappa shape index (κ3) is 3.57. The number of anilines is 1. The highest BCUT2D eigenvalue weighted by atomic mass is 35.5. The molecular weight excluding hydrogens is 266 g/mol. The Labute approximate surface area is 108 Å². The van der Waals surface area contributed by atoms with E-state index in [4.69, 9.17) is 11.6 Å². The van der Waals surface area contributed by atoms with Crippen LogP contribution in [0.3, 0.4) is 0 Å². The standard InChI is InChI=1S/C9H12ClN3O3S/c1-13(2)5(14)4-11-9-12-7(10)6(17-9)8(15)16-3/h4H2,1-3H3,(H,11,12). The predicted octanol–water partition coefficient (Wildman–Crippen LogP) is 1.08. The van der Waals surface area contributed by atoms with E-state index < -0.39 is 5.97 Å². The van der Waals surface area contributed by atoms with Crippen LogP contribution in [-0.4, -0.2) is 49.5 Å². The van der Waals surface area contributed by atoms with Gasteiger partial charge in [0.2, 0.25) is 5.91 Å². The summed E-state index contributed by atoms with van der Waals surface area (Å²) in [5, 5.41) is 3.27. The van der Waals surface area contributed by atoms with E-state index in [0.717, 1.165) is 11.3 Å². The van der Waals surface area contributed by atoms with Crippen LogP contribution in [0.5, 0.6) is 0 Å². The van der Waals surface area contributed by atoms with Crippen LogP contribution >= 0.6 is 22.9 Å². The number of halogens is 1. The first kappa shape index (κ1) is 13.7. The number of amides is 1. The van der Waals surface area contributed by atoms with Crippen molar-refractivity contribution in [3.63, 3.8) is 0 Å². The fraction of sp³-hybridized carbons (Fsp3) is 0.444. The Balaban J connectivity index is 2.68. The lowest BCUT2D eigenvalue weighted by molar-refractivity contribution is -0.126. The van der Waals surface area contributed by atoms with Crippen molar-refractivity contribution in [2.24, 2.45) is 0 Å². The van der Waals surface area contributed by atoms with E-state index in [1.807, 2.05) is 0 Å². The second kappa shape index (κ2) is 5.83. The number of thiazole rings is 1. The molecule has 1 amide bonds. The highest BCUT2D eigenvalue weighted by molar-refractivity contribution is 7.18. The Morgan fingerprint density at radius 1 is 1.53 bits per heavy atom. The van der Waals surface area contributed by atoms with Gasteiger partial charge in [-0.05, 0) is 0 Å². The molecule has 1 rings (SSSR count). The molecule has 0 aliphatic rings. The van der Waals surface area contributed by atoms with Gasteiger partial charge in [0.15, 0.2) is 15.2 Å². The number of hydrogen-bond donors (Lipinski definition) is 1. The van der Waals surface area contributed by atoms with Gasteiger partial charge in [0.05, 0.1) is 13.7 Å². The maximum Gasteiger partial charge on any atom is 0.351 e. The number of carbonyl (C=O) groups excluding carboxylic acids is 2. The molecule has 6 nitrogen and oxygen atoms in total. The van der Waals surface area contributed by atoms with Gasteiger partial charge in [-0.3, -0.25) is 4.79 Å². The topological polar surface area (TPSA) is 71.5 Å². The molecule has 0 aromatic carbocycles. The molecule has 94 valence electrons. The molecule has 1 aromatic heterocycles. The van der Waals surface area contributed by atoms with Crippen LogP contribution in [0.15, 0.2) is 0 Å². The molecule has 1 N–H and O–H groups in total. The van der Waals surface area contributed by atoms with Gasteiger partial charge >= 0.3 is 5.97 Å². The van der Waals surface area contributed by atoms with Crippen molar-refractivity contribution >= 4 is 39.9 Å². The van der Waals surface area contributed by atoms with Crippen LogP contribution in [-0.2, 0) is 9.53 Å². The number of hydrogen-bond acceptors (Lipinski definition) is 6. The SMILES string of the molecule is COC(=O)c1sc(NCC(=O)N(C)C)nc1Cl. The maximum absolute atomic E-state index is 11.3. The van der Waals surface area contributed by atoms with E-state index in [2.05, 4.69) is 15.0 Å². The largest absolute Gasteiger partial charge is 0.465 e. The van der Waals surface area contributed by atoms with Crippen LogP contribution in [0.2, 0.25) is 5.15 Å². The first-order chi connectivity index (χ1) is 7.95. The fourth-order valence-electron chi connectivity index (χ4n) is 0.905. The number of carbonyl (C=O) groups is 2. The van der Waals surface area contributed by atoms with Gasteiger partial charge in [0.1, 0.15) is 0 Å². The normalized spacial score (nSPS) is 9.88. The monoisotopic (exact) mass is 277 g/mol. The van der Waals surface area contributed by atoms with Crippen molar-refractivity contribution in [3.8, 4) is 0 Å². The van der Waals surface area contributed by atoms with Crippen molar-refractivity contribution < 1.29 is 14.3 Å². The number of aromatic nitrogens is 1. The van der Waals surface area contributed by atoms with Gasteiger partial charge in [0.25, 0.3) is 0 Å². The molecule has 0 fully saturated rings. The summed E-state index contributed by atoms with van der Waals surface area (Å²) in [7, 11) is 4.57. The van der Waals surface area contributed by atoms with Gasteiger partial charge in [-0.1, -0.05) is 22.9 Å². The first-order valence-electron chi connectivity index (χ1n) is 4.64. The van der Waals surface area contributed by atoms with E-state index in [-0.39, 0.29) is 22.5 Å². The fourth-order valence-corrected chi connectivity index (χ4v) is 2.00. The van der Waals surface area contributed by atoms with Gasteiger partial charge in [-0.15, -0.1) is 0 Å². The van der Waals surface area contributed by atoms with Crippen LogP contribution in [0, 0.1) is 0 Å². The molecule has 0 aliphatic heterocycles. The number of likely N-dealkylation sites (N-methyl/N-ethyl adjacent to an activating group) is 1. The third-order valence-corrected chi connectivity index (χ3v) is 3.22. The van der Waals surface area contributed by atoms with Crippen molar-refractivity contribution in [3.05, 3.63) is 10.0 Å². The van der Waals surface area contributed by atoms with Gasteiger partial charge < -0.3 is 15.0 Å². The molecule has 0 aliphatic carbocycles. The Hall–Kier alpha value is -1.34. The highest BCUT2D eigenvalue weighted by Crippen LogP contribution is 2.27. The number of ether oxygens (including phenoxy) is 1. The molecule has 17 heavy (non-hydrogen) atoms. The van der Waals surface area contributed by atoms with Crippen molar-refractivity contribution in [1.82, 2.24) is 9.88 Å². The van der Waals surface area contributed by atoms with Crippen LogP contribution in [0.4, 0.5) is 5.13 Å². The summed E-state index contributed by atoms with van der Waals surface area (Å²) < 4.78 is 4.54. The molecule has 0 unspecified atom stereocenters. The van der Waals surface area contributed by atoms with Crippen LogP contribution in [0.1, 0.15) is 9.67 Å². The number of esters is 1. The molecular formula is C9H12ClN3O3S. The minimum Gasteiger partial charge on any atom is -0.465 e. The third-order valence-electron chi connectivity index (χ3n) is 1.85. The van der Waals surface area contributed by atoms with Gasteiger partial charge in [-0.2, -0.15) is 0 Å². The molecule has 0 bridgehead atoms. The van der Waals surface area contributed by atoms with Crippen LogP contribution < -0.4 is 5.32 Å². The Kier molecular flexibility index (Phi) is 4.71. The number of nitrogens with one attached hydrogen (secondary N) is 1. The molecule has 0 atom stereocenters. The van der Waals surface area contributed by atoms with Gasteiger partial charge in [-0.25, -0.2) is 9.78 Å². The lowest BCUT2D eigenvalue weighted by Crippen LogP contribution is -2.28. The molecule has 0 spiro atoms. The van der Waals surface area contributed by atoms with E-state index >= 15 is 0 Å². The molecule has 0 radical (unpaired) electrons. The predicted molar refractivity (Wildman–Crippen MR) is 65.6 cm³/mol. The molecule has 0 saturated heterocycles. The van der Waals surface area contributed by atoms with E-state index in [0.29, 0.717) is 5.13 Å². The van der Waals surface area contributed by atoms with Crippen molar-refractivity contribution in [2.75, 3.05) is 33.1 Å². The zero-order valence-corrected chi connectivity index (χ0v) is 11.2. The number of rotatable bonds is 4. The summed E-state index contributed by atoms with van der Waals surface area (Å²) in [5.74, 6) is -0.643. The second-order valence-corrected chi connectivity index (χ2v) is 4.63. The second-order valence-electron chi connectivity index (χ2n) is 3.27.